The first-order chi connectivity index (χ1) is 16.7. The Hall–Kier alpha value is -3.68. The summed E-state index contributed by atoms with van der Waals surface area (Å²) in [6, 6.07) is 12.1. The lowest BCUT2D eigenvalue weighted by Gasteiger charge is -2.16. The normalized spacial score (nSPS) is 13.9. The van der Waals surface area contributed by atoms with Gasteiger partial charge in [-0.1, -0.05) is 31.2 Å². The fourth-order valence-electron chi connectivity index (χ4n) is 4.21. The molecule has 1 aromatic heterocycles. The highest BCUT2D eigenvalue weighted by Crippen LogP contribution is 2.44. The van der Waals surface area contributed by atoms with E-state index in [9.17, 15) is 27.5 Å². The largest absolute Gasteiger partial charge is 0.478 e. The third kappa shape index (κ3) is 5.53. The summed E-state index contributed by atoms with van der Waals surface area (Å²) in [6.45, 7) is 2.15. The molecule has 0 unspecified atom stereocenters. The second-order valence-corrected chi connectivity index (χ2v) is 8.38. The molecule has 0 amide bonds. The summed E-state index contributed by atoms with van der Waals surface area (Å²) in [6.07, 6.45) is -1.47. The van der Waals surface area contributed by atoms with E-state index in [2.05, 4.69) is 4.98 Å². The molecule has 8 heteroatoms. The number of ether oxygens (including phenoxy) is 1. The molecule has 4 rings (SSSR count). The number of allylic oxidation sites excluding steroid dienone is 2. The highest BCUT2D eigenvalue weighted by Gasteiger charge is 2.33. The number of nitrogens with zero attached hydrogens (tertiary/aromatic N) is 1. The third-order valence-corrected chi connectivity index (χ3v) is 6.02. The summed E-state index contributed by atoms with van der Waals surface area (Å²) in [5.74, 6) is -1.97. The number of benzene rings is 2. The van der Waals surface area contributed by atoms with Crippen molar-refractivity contribution in [1.29, 1.82) is 0 Å². The van der Waals surface area contributed by atoms with Crippen molar-refractivity contribution in [3.05, 3.63) is 93.9 Å². The first-order valence-electron chi connectivity index (χ1n) is 11.2. The van der Waals surface area contributed by atoms with E-state index in [4.69, 9.17) is 4.74 Å². The van der Waals surface area contributed by atoms with Gasteiger partial charge in [0.2, 0.25) is 5.88 Å². The zero-order valence-electron chi connectivity index (χ0n) is 19.0. The van der Waals surface area contributed by atoms with Gasteiger partial charge in [0.15, 0.2) is 0 Å². The predicted octanol–water partition coefficient (Wildman–Crippen LogP) is 7.17. The minimum Gasteiger partial charge on any atom is -0.478 e. The molecule has 0 spiro atoms. The van der Waals surface area contributed by atoms with Crippen LogP contribution in [0.25, 0.3) is 11.1 Å². The zero-order chi connectivity index (χ0) is 25.2. The van der Waals surface area contributed by atoms with Crippen LogP contribution in [0.2, 0.25) is 0 Å². The van der Waals surface area contributed by atoms with Crippen molar-refractivity contribution in [2.45, 2.75) is 45.4 Å². The van der Waals surface area contributed by atoms with E-state index in [1.54, 1.807) is 0 Å². The number of halogens is 4. The highest BCUT2D eigenvalue weighted by molar-refractivity contribution is 5.96. The molecule has 1 N–H and O–H groups in total. The van der Waals surface area contributed by atoms with E-state index >= 15 is 0 Å². The third-order valence-electron chi connectivity index (χ3n) is 6.02. The Balaban J connectivity index is 1.77. The van der Waals surface area contributed by atoms with Gasteiger partial charge in [-0.25, -0.2) is 14.2 Å². The van der Waals surface area contributed by atoms with Crippen LogP contribution in [0.5, 0.6) is 5.88 Å². The van der Waals surface area contributed by atoms with Crippen molar-refractivity contribution in [2.24, 2.45) is 0 Å². The number of aromatic carboxylic acids is 1. The molecule has 35 heavy (non-hydrogen) atoms. The highest BCUT2D eigenvalue weighted by atomic mass is 19.4. The van der Waals surface area contributed by atoms with Gasteiger partial charge >= 0.3 is 12.1 Å². The topological polar surface area (TPSA) is 59.4 Å². The quantitative estimate of drug-likeness (QED) is 0.360. The first-order valence-corrected chi connectivity index (χ1v) is 11.2. The van der Waals surface area contributed by atoms with Gasteiger partial charge in [-0.05, 0) is 77.8 Å². The average Bonchev–Trinajstić information content (AvgIpc) is 3.32. The van der Waals surface area contributed by atoms with Crippen molar-refractivity contribution in [1.82, 2.24) is 4.98 Å². The Bertz CT molecular complexity index is 1280. The van der Waals surface area contributed by atoms with Gasteiger partial charge in [-0.3, -0.25) is 0 Å². The van der Waals surface area contributed by atoms with Crippen molar-refractivity contribution in [3.8, 4) is 5.88 Å². The number of aromatic nitrogens is 1. The van der Waals surface area contributed by atoms with Gasteiger partial charge in [0, 0.05) is 11.8 Å². The summed E-state index contributed by atoms with van der Waals surface area (Å²) < 4.78 is 60.6. The number of rotatable bonds is 7. The van der Waals surface area contributed by atoms with Crippen LogP contribution in [0.1, 0.15) is 64.4 Å². The van der Waals surface area contributed by atoms with Crippen molar-refractivity contribution >= 4 is 17.1 Å². The number of carboxylic acid groups (broad SMARTS) is 1. The first kappa shape index (κ1) is 24.4. The number of hydrogen-bond acceptors (Lipinski definition) is 3. The van der Waals surface area contributed by atoms with Crippen LogP contribution in [0.4, 0.5) is 17.6 Å². The van der Waals surface area contributed by atoms with E-state index in [-0.39, 0.29) is 23.6 Å². The molecule has 1 heterocycles. The number of aryl methyl sites for hydroxylation is 1. The van der Waals surface area contributed by atoms with Crippen LogP contribution >= 0.6 is 0 Å². The van der Waals surface area contributed by atoms with Gasteiger partial charge < -0.3 is 9.84 Å². The fourth-order valence-corrected chi connectivity index (χ4v) is 4.21. The van der Waals surface area contributed by atoms with E-state index < -0.39 is 23.5 Å². The molecular formula is C27H23F4NO3. The molecule has 0 saturated carbocycles. The number of hydrogen-bond donors (Lipinski definition) is 1. The lowest BCUT2D eigenvalue weighted by atomic mass is 9.95. The smallest absolute Gasteiger partial charge is 0.417 e. The molecule has 0 atom stereocenters. The summed E-state index contributed by atoms with van der Waals surface area (Å²) in [5, 5.41) is 9.30. The molecule has 2 aromatic carbocycles. The number of carboxylic acids is 1. The molecule has 1 aliphatic rings. The van der Waals surface area contributed by atoms with Crippen molar-refractivity contribution < 1.29 is 32.2 Å². The van der Waals surface area contributed by atoms with Crippen molar-refractivity contribution in [2.75, 3.05) is 0 Å². The van der Waals surface area contributed by atoms with Gasteiger partial charge in [-0.2, -0.15) is 13.2 Å². The summed E-state index contributed by atoms with van der Waals surface area (Å²) in [5.41, 5.74) is 2.48. The van der Waals surface area contributed by atoms with E-state index in [1.165, 1.54) is 12.1 Å². The maximum absolute atomic E-state index is 14.2. The maximum atomic E-state index is 14.2. The Morgan fingerprint density at radius 1 is 1.03 bits per heavy atom. The van der Waals surface area contributed by atoms with Crippen LogP contribution < -0.4 is 4.74 Å². The van der Waals surface area contributed by atoms with Crippen LogP contribution in [0.3, 0.4) is 0 Å². The lowest BCUT2D eigenvalue weighted by molar-refractivity contribution is -0.137. The Kier molecular flexibility index (Phi) is 6.91. The predicted molar refractivity (Wildman–Crippen MR) is 123 cm³/mol. The summed E-state index contributed by atoms with van der Waals surface area (Å²) >= 11 is 0. The minimum absolute atomic E-state index is 0.0434. The van der Waals surface area contributed by atoms with Gasteiger partial charge in [0.1, 0.15) is 12.4 Å². The molecule has 0 aliphatic heterocycles. The molecule has 3 aromatic rings. The van der Waals surface area contributed by atoms with Gasteiger partial charge in [0.05, 0.1) is 11.1 Å². The molecule has 0 bridgehead atoms. The van der Waals surface area contributed by atoms with E-state index in [0.717, 1.165) is 35.9 Å². The van der Waals surface area contributed by atoms with E-state index in [1.807, 2.05) is 31.2 Å². The van der Waals surface area contributed by atoms with Crippen LogP contribution in [-0.2, 0) is 19.2 Å². The second-order valence-electron chi connectivity index (χ2n) is 8.38. The zero-order valence-corrected chi connectivity index (χ0v) is 19.0. The fraction of sp³-hybridized carbons (Fsp3) is 0.259. The van der Waals surface area contributed by atoms with E-state index in [0.29, 0.717) is 36.0 Å². The van der Waals surface area contributed by atoms with Gasteiger partial charge in [-0.15, -0.1) is 0 Å². The number of carbonyl (C=O) groups is 1. The van der Waals surface area contributed by atoms with Gasteiger partial charge in [0.25, 0.3) is 0 Å². The molecule has 0 radical (unpaired) electrons. The lowest BCUT2D eigenvalue weighted by Crippen LogP contribution is -2.09. The standard InChI is InChI=1S/C27H23F4NO3/c1-2-16-6-8-17(9-7-16)15-35-25-24(13-20(14-32-25)27(29,30)31)23-5-3-4-22(23)18-10-19(26(33)34)12-21(28)11-18/h6-14H,2-5,15H2,1H3,(H,33,34). The molecule has 0 saturated heterocycles. The molecule has 0 fully saturated rings. The number of alkyl halides is 3. The number of pyridine rings is 1. The average molecular weight is 485 g/mol. The Morgan fingerprint density at radius 3 is 2.37 bits per heavy atom. The van der Waals surface area contributed by atoms with Crippen LogP contribution in [-0.4, -0.2) is 16.1 Å². The molecule has 182 valence electrons. The maximum Gasteiger partial charge on any atom is 0.417 e. The van der Waals surface area contributed by atoms with Crippen LogP contribution in [0, 0.1) is 5.82 Å². The summed E-state index contributed by atoms with van der Waals surface area (Å²) in [7, 11) is 0. The Labute approximate surface area is 199 Å². The van der Waals surface area contributed by atoms with Crippen molar-refractivity contribution in [3.63, 3.8) is 0 Å². The monoisotopic (exact) mass is 485 g/mol. The minimum atomic E-state index is -4.61. The summed E-state index contributed by atoms with van der Waals surface area (Å²) in [4.78, 5) is 15.4. The molecule has 4 nitrogen and oxygen atoms in total. The molecular weight excluding hydrogens is 462 g/mol. The molecule has 1 aliphatic carbocycles. The van der Waals surface area contributed by atoms with Crippen LogP contribution in [0.15, 0.2) is 54.7 Å². The Morgan fingerprint density at radius 2 is 1.71 bits per heavy atom. The second kappa shape index (κ2) is 9.90. The SMILES string of the molecule is CCc1ccc(COc2ncc(C(F)(F)F)cc2C2=C(c3cc(F)cc(C(=O)O)c3)CCC2)cc1.